The number of fused-ring (bicyclic) bond motifs is 1. The number of aromatic nitrogens is 1. The number of hydrogen-bond acceptors (Lipinski definition) is 4. The molecule has 0 spiro atoms. The number of nitrogens with two attached hydrogens (primary N) is 1. The summed E-state index contributed by atoms with van der Waals surface area (Å²) in [6.07, 6.45) is 4.40. The Balaban J connectivity index is 1.83. The molecule has 1 aromatic heterocycles. The maximum atomic E-state index is 5.84. The van der Waals surface area contributed by atoms with Gasteiger partial charge in [0.1, 0.15) is 4.99 Å². The molecule has 0 amide bonds. The Labute approximate surface area is 130 Å². The molecule has 0 unspecified atom stereocenters. The van der Waals surface area contributed by atoms with E-state index in [0.717, 1.165) is 35.2 Å². The molecule has 0 bridgehead atoms. The summed E-state index contributed by atoms with van der Waals surface area (Å²) in [6.45, 7) is 4.36. The summed E-state index contributed by atoms with van der Waals surface area (Å²) in [4.78, 5) is 7.30. The lowest BCUT2D eigenvalue weighted by molar-refractivity contribution is 0.353. The zero-order valence-corrected chi connectivity index (χ0v) is 12.8. The second-order valence-electron chi connectivity index (χ2n) is 5.40. The Bertz CT molecular complexity index is 650. The standard InChI is InChI=1S/C16H20N4S/c17-16(21)13-11-19-14-6-2-1-5-12(14)15(13)18-7-10-20-8-3-4-9-20/h1-2,5-6,11H,3-4,7-10H2,(H2,17,21)(H,18,19). The smallest absolute Gasteiger partial charge is 0.107 e. The number of hydrogen-bond donors (Lipinski definition) is 2. The molecular weight excluding hydrogens is 280 g/mol. The molecule has 3 rings (SSSR count). The molecular formula is C16H20N4S. The molecule has 1 aromatic carbocycles. The van der Waals surface area contributed by atoms with Gasteiger partial charge in [-0.15, -0.1) is 0 Å². The predicted octanol–water partition coefficient (Wildman–Crippen LogP) is 2.38. The van der Waals surface area contributed by atoms with Crippen LogP contribution in [0.4, 0.5) is 5.69 Å². The highest BCUT2D eigenvalue weighted by Gasteiger charge is 2.13. The van der Waals surface area contributed by atoms with Gasteiger partial charge >= 0.3 is 0 Å². The first-order valence-electron chi connectivity index (χ1n) is 7.39. The summed E-state index contributed by atoms with van der Waals surface area (Å²) in [5.74, 6) is 0. The monoisotopic (exact) mass is 300 g/mol. The maximum Gasteiger partial charge on any atom is 0.107 e. The summed E-state index contributed by atoms with van der Waals surface area (Å²) in [5, 5.41) is 4.59. The van der Waals surface area contributed by atoms with Crippen LogP contribution in [0, 0.1) is 0 Å². The van der Waals surface area contributed by atoms with Crippen molar-refractivity contribution < 1.29 is 0 Å². The van der Waals surface area contributed by atoms with Gasteiger partial charge in [0, 0.05) is 24.7 Å². The third kappa shape index (κ3) is 3.14. The molecule has 1 fully saturated rings. The van der Waals surface area contributed by atoms with Crippen molar-refractivity contribution in [1.29, 1.82) is 0 Å². The molecule has 1 aliphatic rings. The van der Waals surface area contributed by atoms with Gasteiger partial charge in [0.15, 0.2) is 0 Å². The summed E-state index contributed by atoms with van der Waals surface area (Å²) >= 11 is 5.16. The molecule has 4 nitrogen and oxygen atoms in total. The van der Waals surface area contributed by atoms with E-state index in [9.17, 15) is 0 Å². The maximum absolute atomic E-state index is 5.84. The van der Waals surface area contributed by atoms with Crippen LogP contribution in [-0.2, 0) is 0 Å². The Morgan fingerprint density at radius 3 is 2.81 bits per heavy atom. The van der Waals surface area contributed by atoms with Crippen molar-refractivity contribution in [2.75, 3.05) is 31.5 Å². The Morgan fingerprint density at radius 1 is 1.29 bits per heavy atom. The van der Waals surface area contributed by atoms with Crippen molar-refractivity contribution in [3.63, 3.8) is 0 Å². The minimum atomic E-state index is 0.386. The number of thiocarbonyl (C=S) groups is 1. The fourth-order valence-corrected chi connectivity index (χ4v) is 3.02. The van der Waals surface area contributed by atoms with Crippen LogP contribution in [0.25, 0.3) is 10.9 Å². The molecule has 21 heavy (non-hydrogen) atoms. The largest absolute Gasteiger partial charge is 0.389 e. The summed E-state index contributed by atoms with van der Waals surface area (Å²) in [5.41, 5.74) is 8.63. The highest BCUT2D eigenvalue weighted by atomic mass is 32.1. The van der Waals surface area contributed by atoms with Gasteiger partial charge in [0.05, 0.1) is 16.8 Å². The number of nitrogens with zero attached hydrogens (tertiary/aromatic N) is 2. The second-order valence-corrected chi connectivity index (χ2v) is 5.84. The van der Waals surface area contributed by atoms with Crippen LogP contribution in [0.3, 0.4) is 0 Å². The molecule has 1 saturated heterocycles. The van der Waals surface area contributed by atoms with E-state index < -0.39 is 0 Å². The first kappa shape index (κ1) is 14.2. The van der Waals surface area contributed by atoms with E-state index in [0.29, 0.717) is 4.99 Å². The fraction of sp³-hybridized carbons (Fsp3) is 0.375. The quantitative estimate of drug-likeness (QED) is 0.830. The van der Waals surface area contributed by atoms with Crippen LogP contribution in [-0.4, -0.2) is 41.1 Å². The SMILES string of the molecule is NC(=S)c1cnc2ccccc2c1NCCN1CCCC1. The molecule has 2 heterocycles. The molecule has 0 atom stereocenters. The van der Waals surface area contributed by atoms with Crippen LogP contribution in [0.2, 0.25) is 0 Å². The van der Waals surface area contributed by atoms with Gasteiger partial charge in [-0.05, 0) is 32.0 Å². The van der Waals surface area contributed by atoms with E-state index in [1.165, 1.54) is 25.9 Å². The van der Waals surface area contributed by atoms with Crippen molar-refractivity contribution in [1.82, 2.24) is 9.88 Å². The third-order valence-corrected chi connectivity index (χ3v) is 4.19. The van der Waals surface area contributed by atoms with Gasteiger partial charge in [-0.3, -0.25) is 4.98 Å². The number of anilines is 1. The molecule has 3 N–H and O–H groups in total. The van der Waals surface area contributed by atoms with Crippen molar-refractivity contribution >= 4 is 33.8 Å². The van der Waals surface area contributed by atoms with Crippen LogP contribution in [0.5, 0.6) is 0 Å². The topological polar surface area (TPSA) is 54.2 Å². The van der Waals surface area contributed by atoms with Gasteiger partial charge in [-0.1, -0.05) is 30.4 Å². The number of likely N-dealkylation sites (tertiary alicyclic amines) is 1. The number of para-hydroxylation sites is 1. The highest BCUT2D eigenvalue weighted by molar-refractivity contribution is 7.80. The van der Waals surface area contributed by atoms with E-state index in [1.54, 1.807) is 6.20 Å². The summed E-state index contributed by atoms with van der Waals surface area (Å²) in [7, 11) is 0. The zero-order chi connectivity index (χ0) is 14.7. The Morgan fingerprint density at radius 2 is 2.05 bits per heavy atom. The first-order chi connectivity index (χ1) is 10.3. The predicted molar refractivity (Wildman–Crippen MR) is 91.8 cm³/mol. The van der Waals surface area contributed by atoms with Crippen molar-refractivity contribution in [2.45, 2.75) is 12.8 Å². The molecule has 1 aliphatic heterocycles. The lowest BCUT2D eigenvalue weighted by atomic mass is 10.1. The summed E-state index contributed by atoms with van der Waals surface area (Å²) in [6, 6.07) is 8.06. The number of rotatable bonds is 5. The Kier molecular flexibility index (Phi) is 4.31. The normalized spacial score (nSPS) is 15.4. The molecule has 0 aliphatic carbocycles. The van der Waals surface area contributed by atoms with E-state index in [2.05, 4.69) is 21.3 Å². The zero-order valence-electron chi connectivity index (χ0n) is 12.0. The van der Waals surface area contributed by atoms with Crippen molar-refractivity contribution in [3.8, 4) is 0 Å². The fourth-order valence-electron chi connectivity index (χ4n) is 2.86. The van der Waals surface area contributed by atoms with E-state index in [1.807, 2.05) is 18.2 Å². The van der Waals surface area contributed by atoms with Crippen molar-refractivity contribution in [2.24, 2.45) is 5.73 Å². The molecule has 110 valence electrons. The average molecular weight is 300 g/mol. The number of nitrogens with one attached hydrogen (secondary N) is 1. The van der Waals surface area contributed by atoms with Gasteiger partial charge in [-0.2, -0.15) is 0 Å². The molecule has 0 radical (unpaired) electrons. The van der Waals surface area contributed by atoms with Crippen LogP contribution >= 0.6 is 12.2 Å². The number of benzene rings is 1. The van der Waals surface area contributed by atoms with E-state index >= 15 is 0 Å². The van der Waals surface area contributed by atoms with Gasteiger partial charge in [0.25, 0.3) is 0 Å². The van der Waals surface area contributed by atoms with Crippen LogP contribution in [0.1, 0.15) is 18.4 Å². The minimum absolute atomic E-state index is 0.386. The second kappa shape index (κ2) is 6.37. The number of pyridine rings is 1. The first-order valence-corrected chi connectivity index (χ1v) is 7.80. The van der Waals surface area contributed by atoms with Crippen LogP contribution < -0.4 is 11.1 Å². The third-order valence-electron chi connectivity index (χ3n) is 3.97. The lowest BCUT2D eigenvalue weighted by Crippen LogP contribution is -2.26. The molecule has 5 heteroatoms. The van der Waals surface area contributed by atoms with Gasteiger partial charge in [-0.25, -0.2) is 0 Å². The lowest BCUT2D eigenvalue weighted by Gasteiger charge is -2.18. The summed E-state index contributed by atoms with van der Waals surface area (Å²) < 4.78 is 0. The van der Waals surface area contributed by atoms with Crippen molar-refractivity contribution in [3.05, 3.63) is 36.0 Å². The van der Waals surface area contributed by atoms with E-state index in [-0.39, 0.29) is 0 Å². The molecule has 0 saturated carbocycles. The molecule has 2 aromatic rings. The van der Waals surface area contributed by atoms with Crippen LogP contribution in [0.15, 0.2) is 30.5 Å². The van der Waals surface area contributed by atoms with Gasteiger partial charge in [0.2, 0.25) is 0 Å². The average Bonchev–Trinajstić information content (AvgIpc) is 3.00. The highest BCUT2D eigenvalue weighted by Crippen LogP contribution is 2.25. The van der Waals surface area contributed by atoms with E-state index in [4.69, 9.17) is 18.0 Å². The minimum Gasteiger partial charge on any atom is -0.389 e. The van der Waals surface area contributed by atoms with Gasteiger partial charge < -0.3 is 16.0 Å². The Hall–Kier alpha value is -1.72.